The SMILES string of the molecule is CC(C)(C)[Si](C)(C)OC1CC(C(I)c2ccccc2)CO1. The minimum Gasteiger partial charge on any atom is -0.392 e. The fourth-order valence-electron chi connectivity index (χ4n) is 2.31. The summed E-state index contributed by atoms with van der Waals surface area (Å²) in [6.07, 6.45) is 0.992. The summed E-state index contributed by atoms with van der Waals surface area (Å²) in [5.41, 5.74) is 1.39. The van der Waals surface area contributed by atoms with Crippen molar-refractivity contribution in [1.82, 2.24) is 0 Å². The van der Waals surface area contributed by atoms with Gasteiger partial charge in [0, 0.05) is 16.3 Å². The van der Waals surface area contributed by atoms with Crippen LogP contribution in [0.1, 0.15) is 36.7 Å². The molecule has 0 amide bonds. The Bertz CT molecular complexity index is 456. The third-order valence-corrected chi connectivity index (χ3v) is 11.0. The van der Waals surface area contributed by atoms with Gasteiger partial charge in [0.15, 0.2) is 8.32 Å². The summed E-state index contributed by atoms with van der Waals surface area (Å²) in [6, 6.07) is 10.7. The van der Waals surface area contributed by atoms with Gasteiger partial charge in [0.1, 0.15) is 6.29 Å². The zero-order valence-corrected chi connectivity index (χ0v) is 16.9. The molecule has 1 aromatic carbocycles. The molecule has 0 radical (unpaired) electrons. The second-order valence-electron chi connectivity index (χ2n) is 7.45. The van der Waals surface area contributed by atoms with Crippen LogP contribution >= 0.6 is 22.6 Å². The Hall–Kier alpha value is 0.0869. The minimum atomic E-state index is -1.74. The third kappa shape index (κ3) is 4.30. The van der Waals surface area contributed by atoms with E-state index in [0.717, 1.165) is 13.0 Å². The highest BCUT2D eigenvalue weighted by Crippen LogP contribution is 2.42. The molecular formula is C17H27IO2Si. The summed E-state index contributed by atoms with van der Waals surface area (Å²) < 4.78 is 12.8. The second-order valence-corrected chi connectivity index (χ2v) is 13.5. The number of alkyl halides is 1. The van der Waals surface area contributed by atoms with E-state index in [1.54, 1.807) is 0 Å². The molecule has 1 saturated heterocycles. The van der Waals surface area contributed by atoms with Crippen LogP contribution in [0.15, 0.2) is 30.3 Å². The van der Waals surface area contributed by atoms with E-state index in [-0.39, 0.29) is 11.3 Å². The smallest absolute Gasteiger partial charge is 0.195 e. The highest BCUT2D eigenvalue weighted by Gasteiger charge is 2.42. The van der Waals surface area contributed by atoms with Gasteiger partial charge in [-0.1, -0.05) is 73.7 Å². The Morgan fingerprint density at radius 2 is 1.86 bits per heavy atom. The fourth-order valence-corrected chi connectivity index (χ4v) is 4.41. The van der Waals surface area contributed by atoms with Crippen LogP contribution in [0.5, 0.6) is 0 Å². The van der Waals surface area contributed by atoms with Gasteiger partial charge >= 0.3 is 0 Å². The average molecular weight is 418 g/mol. The van der Waals surface area contributed by atoms with Gasteiger partial charge in [-0.05, 0) is 23.7 Å². The van der Waals surface area contributed by atoms with Crippen LogP contribution in [0.4, 0.5) is 0 Å². The Morgan fingerprint density at radius 1 is 1.24 bits per heavy atom. The molecule has 4 heteroatoms. The van der Waals surface area contributed by atoms with Crippen LogP contribution < -0.4 is 0 Å². The van der Waals surface area contributed by atoms with Crippen molar-refractivity contribution < 1.29 is 9.16 Å². The quantitative estimate of drug-likeness (QED) is 0.363. The molecule has 3 unspecified atom stereocenters. The van der Waals surface area contributed by atoms with Crippen LogP contribution in [0.3, 0.4) is 0 Å². The zero-order valence-electron chi connectivity index (χ0n) is 13.7. The van der Waals surface area contributed by atoms with Crippen molar-refractivity contribution in [2.75, 3.05) is 6.61 Å². The van der Waals surface area contributed by atoms with Crippen molar-refractivity contribution in [2.45, 2.75) is 55.5 Å². The topological polar surface area (TPSA) is 18.5 Å². The van der Waals surface area contributed by atoms with Crippen LogP contribution in [0.2, 0.25) is 18.1 Å². The van der Waals surface area contributed by atoms with Gasteiger partial charge in [0.25, 0.3) is 0 Å². The molecule has 1 heterocycles. The molecule has 1 fully saturated rings. The molecule has 2 nitrogen and oxygen atoms in total. The van der Waals surface area contributed by atoms with Crippen molar-refractivity contribution in [2.24, 2.45) is 5.92 Å². The van der Waals surface area contributed by atoms with E-state index in [1.165, 1.54) is 5.56 Å². The van der Waals surface area contributed by atoms with Crippen molar-refractivity contribution in [3.63, 3.8) is 0 Å². The summed E-state index contributed by atoms with van der Waals surface area (Å²) in [5.74, 6) is 0.544. The molecule has 0 saturated carbocycles. The lowest BCUT2D eigenvalue weighted by atomic mass is 9.98. The van der Waals surface area contributed by atoms with Gasteiger partial charge in [0.05, 0.1) is 6.61 Å². The highest BCUT2D eigenvalue weighted by atomic mass is 127. The third-order valence-electron chi connectivity index (χ3n) is 4.76. The molecule has 0 N–H and O–H groups in total. The van der Waals surface area contributed by atoms with Crippen molar-refractivity contribution in [1.29, 1.82) is 0 Å². The van der Waals surface area contributed by atoms with E-state index in [0.29, 0.717) is 9.84 Å². The largest absolute Gasteiger partial charge is 0.392 e. The first kappa shape index (κ1) is 17.4. The molecule has 0 bridgehead atoms. The van der Waals surface area contributed by atoms with E-state index >= 15 is 0 Å². The van der Waals surface area contributed by atoms with Crippen molar-refractivity contribution >= 4 is 30.9 Å². The number of hydrogen-bond acceptors (Lipinski definition) is 2. The van der Waals surface area contributed by atoms with Crippen molar-refractivity contribution in [3.05, 3.63) is 35.9 Å². The van der Waals surface area contributed by atoms with Gasteiger partial charge in [-0.25, -0.2) is 0 Å². The Kier molecular flexibility index (Phi) is 5.55. The van der Waals surface area contributed by atoms with Gasteiger partial charge in [-0.2, -0.15) is 0 Å². The minimum absolute atomic E-state index is 0.0168. The van der Waals surface area contributed by atoms with Gasteiger partial charge in [-0.3, -0.25) is 0 Å². The molecule has 1 aromatic rings. The molecular weight excluding hydrogens is 391 g/mol. The molecule has 1 aliphatic heterocycles. The van der Waals surface area contributed by atoms with E-state index in [1.807, 2.05) is 0 Å². The first-order valence-corrected chi connectivity index (χ1v) is 11.8. The standard InChI is InChI=1S/C17H27IO2Si/c1-17(2,3)21(4,5)20-15-11-14(12-19-15)16(18)13-9-7-6-8-10-13/h6-10,14-16H,11-12H2,1-5H3. The van der Waals surface area contributed by atoms with Gasteiger partial charge in [0.2, 0.25) is 0 Å². The predicted molar refractivity (Wildman–Crippen MR) is 99.3 cm³/mol. The highest BCUT2D eigenvalue weighted by molar-refractivity contribution is 14.1. The second kappa shape index (κ2) is 6.68. The molecule has 0 aliphatic carbocycles. The molecule has 0 spiro atoms. The van der Waals surface area contributed by atoms with Gasteiger partial charge in [-0.15, -0.1) is 0 Å². The Balaban J connectivity index is 1.95. The van der Waals surface area contributed by atoms with Crippen molar-refractivity contribution in [3.8, 4) is 0 Å². The fraction of sp³-hybridized carbons (Fsp3) is 0.647. The number of benzene rings is 1. The maximum atomic E-state index is 6.39. The summed E-state index contributed by atoms with van der Waals surface area (Å²) >= 11 is 2.55. The van der Waals surface area contributed by atoms with E-state index in [4.69, 9.17) is 9.16 Å². The average Bonchev–Trinajstić information content (AvgIpc) is 2.85. The van der Waals surface area contributed by atoms with Crippen LogP contribution in [0, 0.1) is 5.92 Å². The Labute approximate surface area is 143 Å². The lowest BCUT2D eigenvalue weighted by Gasteiger charge is -2.38. The molecule has 2 rings (SSSR count). The first-order valence-electron chi connectivity index (χ1n) is 7.69. The summed E-state index contributed by atoms with van der Waals surface area (Å²) in [7, 11) is -1.74. The normalized spacial score (nSPS) is 25.0. The number of halogens is 1. The summed E-state index contributed by atoms with van der Waals surface area (Å²) in [5, 5.41) is 0.234. The maximum absolute atomic E-state index is 6.39. The van der Waals surface area contributed by atoms with Crippen LogP contribution in [-0.4, -0.2) is 21.2 Å². The lowest BCUT2D eigenvalue weighted by Crippen LogP contribution is -2.43. The summed E-state index contributed by atoms with van der Waals surface area (Å²) in [6.45, 7) is 12.2. The predicted octanol–water partition coefficient (Wildman–Crippen LogP) is 5.55. The number of hydrogen-bond donors (Lipinski definition) is 0. The first-order chi connectivity index (χ1) is 9.71. The summed E-state index contributed by atoms with van der Waals surface area (Å²) in [4.78, 5) is 0. The van der Waals surface area contributed by atoms with E-state index < -0.39 is 8.32 Å². The van der Waals surface area contributed by atoms with E-state index in [2.05, 4.69) is 86.8 Å². The molecule has 1 aliphatic rings. The lowest BCUT2D eigenvalue weighted by molar-refractivity contribution is -0.0487. The number of rotatable bonds is 4. The van der Waals surface area contributed by atoms with Crippen LogP contribution in [-0.2, 0) is 9.16 Å². The van der Waals surface area contributed by atoms with Gasteiger partial charge < -0.3 is 9.16 Å². The van der Waals surface area contributed by atoms with Crippen LogP contribution in [0.25, 0.3) is 0 Å². The Morgan fingerprint density at radius 3 is 2.43 bits per heavy atom. The molecule has 118 valence electrons. The zero-order chi connectivity index (χ0) is 15.7. The molecule has 3 atom stereocenters. The maximum Gasteiger partial charge on any atom is 0.195 e. The molecule has 21 heavy (non-hydrogen) atoms. The van der Waals surface area contributed by atoms with E-state index in [9.17, 15) is 0 Å². The molecule has 0 aromatic heterocycles. The number of ether oxygens (including phenoxy) is 1. The monoisotopic (exact) mass is 418 g/mol.